The van der Waals surface area contributed by atoms with Gasteiger partial charge in [-0.15, -0.1) is 13.2 Å². The number of anilines is 1. The molecule has 0 saturated carbocycles. The minimum atomic E-state index is -0.0422. The minimum absolute atomic E-state index is 0.0113. The van der Waals surface area contributed by atoms with Crippen LogP contribution in [0.3, 0.4) is 0 Å². The summed E-state index contributed by atoms with van der Waals surface area (Å²) < 4.78 is 0. The fraction of sp³-hybridized carbons (Fsp3) is 0.379. The van der Waals surface area contributed by atoms with E-state index >= 15 is 0 Å². The Morgan fingerprint density at radius 1 is 0.900 bits per heavy atom. The van der Waals surface area contributed by atoms with Crippen molar-refractivity contribution in [2.45, 2.75) is 64.2 Å². The van der Waals surface area contributed by atoms with Crippen molar-refractivity contribution in [3.63, 3.8) is 0 Å². The summed E-state index contributed by atoms with van der Waals surface area (Å²) >= 11 is 0. The first-order valence-corrected chi connectivity index (χ1v) is 11.1. The molecular weight excluding hydrogens is 362 g/mol. The van der Waals surface area contributed by atoms with Crippen LogP contribution < -0.4 is 5.32 Å². The monoisotopic (exact) mass is 401 g/mol. The van der Waals surface area contributed by atoms with Gasteiger partial charge in [0.25, 0.3) is 0 Å². The molecule has 1 N–H and O–H groups in total. The number of allylic oxidation sites excluding steroid dienone is 4. The Hall–Kier alpha value is -2.54. The quantitative estimate of drug-likeness (QED) is 0.375. The summed E-state index contributed by atoms with van der Waals surface area (Å²) in [5.74, 6) is 0. The molecule has 1 nitrogen and oxygen atoms in total. The molecular formula is C29H39N. The van der Waals surface area contributed by atoms with Crippen molar-refractivity contribution in [2.24, 2.45) is 0 Å². The van der Waals surface area contributed by atoms with Crippen LogP contribution in [0.25, 0.3) is 0 Å². The third-order valence-electron chi connectivity index (χ3n) is 6.62. The molecule has 0 aliphatic heterocycles. The molecule has 30 heavy (non-hydrogen) atoms. The lowest BCUT2D eigenvalue weighted by atomic mass is 9.69. The van der Waals surface area contributed by atoms with Gasteiger partial charge in [-0.1, -0.05) is 87.0 Å². The summed E-state index contributed by atoms with van der Waals surface area (Å²) in [5.41, 5.74) is 6.72. The van der Waals surface area contributed by atoms with Crippen molar-refractivity contribution in [2.75, 3.05) is 12.4 Å². The lowest BCUT2D eigenvalue weighted by molar-refractivity contribution is 0.475. The fourth-order valence-corrected chi connectivity index (χ4v) is 4.85. The number of hydrogen-bond donors (Lipinski definition) is 1. The highest BCUT2D eigenvalue weighted by Crippen LogP contribution is 2.42. The molecule has 2 aromatic rings. The number of benzene rings is 2. The molecule has 0 fully saturated rings. The number of rotatable bonds is 11. The van der Waals surface area contributed by atoms with Crippen molar-refractivity contribution in [3.05, 3.63) is 102 Å². The van der Waals surface area contributed by atoms with Gasteiger partial charge in [-0.3, -0.25) is 0 Å². The molecule has 2 rings (SSSR count). The van der Waals surface area contributed by atoms with E-state index in [0.29, 0.717) is 0 Å². The Morgan fingerprint density at radius 3 is 2.07 bits per heavy atom. The summed E-state index contributed by atoms with van der Waals surface area (Å²) in [6.07, 6.45) is 10.5. The van der Waals surface area contributed by atoms with Gasteiger partial charge >= 0.3 is 0 Å². The smallest absolute Gasteiger partial charge is 0.0375 e. The zero-order valence-electron chi connectivity index (χ0n) is 19.6. The summed E-state index contributed by atoms with van der Waals surface area (Å²) in [4.78, 5) is 0. The van der Waals surface area contributed by atoms with Gasteiger partial charge in [-0.2, -0.15) is 0 Å². The highest BCUT2D eigenvalue weighted by molar-refractivity contribution is 5.54. The van der Waals surface area contributed by atoms with Gasteiger partial charge in [0.05, 0.1) is 0 Å². The van der Waals surface area contributed by atoms with Gasteiger partial charge in [0, 0.05) is 23.6 Å². The molecule has 2 unspecified atom stereocenters. The molecule has 0 aromatic heterocycles. The molecule has 0 heterocycles. The molecule has 0 aliphatic carbocycles. The van der Waals surface area contributed by atoms with Gasteiger partial charge in [0.1, 0.15) is 0 Å². The van der Waals surface area contributed by atoms with Gasteiger partial charge in [-0.05, 0) is 55.4 Å². The number of aryl methyl sites for hydroxylation is 1. The van der Waals surface area contributed by atoms with Crippen LogP contribution in [0.1, 0.15) is 63.1 Å². The first-order valence-electron chi connectivity index (χ1n) is 11.1. The fourth-order valence-electron chi connectivity index (χ4n) is 4.85. The molecule has 0 aliphatic rings. The first kappa shape index (κ1) is 23.7. The van der Waals surface area contributed by atoms with Crippen LogP contribution in [0, 0.1) is 6.92 Å². The Labute approximate surface area is 184 Å². The van der Waals surface area contributed by atoms with Crippen LogP contribution in [-0.4, -0.2) is 7.05 Å². The van der Waals surface area contributed by atoms with E-state index in [4.69, 9.17) is 0 Å². The Morgan fingerprint density at radius 2 is 1.50 bits per heavy atom. The Kier molecular flexibility index (Phi) is 8.29. The number of hydrogen-bond acceptors (Lipinski definition) is 1. The van der Waals surface area contributed by atoms with E-state index in [1.165, 1.54) is 28.0 Å². The Bertz CT molecular complexity index is 891. The van der Waals surface area contributed by atoms with Crippen molar-refractivity contribution in [3.8, 4) is 0 Å². The normalized spacial score (nSPS) is 15.7. The molecule has 1 heteroatoms. The van der Waals surface area contributed by atoms with E-state index in [9.17, 15) is 0 Å². The van der Waals surface area contributed by atoms with Crippen molar-refractivity contribution in [1.29, 1.82) is 0 Å². The summed E-state index contributed by atoms with van der Waals surface area (Å²) in [5, 5.41) is 3.38. The summed E-state index contributed by atoms with van der Waals surface area (Å²) in [7, 11) is 2.00. The third kappa shape index (κ3) is 4.95. The molecule has 0 bridgehead atoms. The maximum Gasteiger partial charge on any atom is 0.0375 e. The van der Waals surface area contributed by atoms with Crippen molar-refractivity contribution >= 4 is 5.69 Å². The largest absolute Gasteiger partial charge is 0.388 e. The van der Waals surface area contributed by atoms with E-state index in [1.807, 2.05) is 7.05 Å². The lowest BCUT2D eigenvalue weighted by Gasteiger charge is -2.36. The maximum atomic E-state index is 4.08. The van der Waals surface area contributed by atoms with E-state index in [0.717, 1.165) is 25.7 Å². The second-order valence-electron chi connectivity index (χ2n) is 8.78. The van der Waals surface area contributed by atoms with Gasteiger partial charge < -0.3 is 5.32 Å². The van der Waals surface area contributed by atoms with E-state index in [1.54, 1.807) is 0 Å². The minimum Gasteiger partial charge on any atom is -0.388 e. The molecule has 0 spiro atoms. The highest BCUT2D eigenvalue weighted by Gasteiger charge is 2.32. The van der Waals surface area contributed by atoms with Gasteiger partial charge in [-0.25, -0.2) is 0 Å². The third-order valence-corrected chi connectivity index (χ3v) is 6.62. The lowest BCUT2D eigenvalue weighted by Crippen LogP contribution is -2.27. The van der Waals surface area contributed by atoms with Crippen LogP contribution in [0.5, 0.6) is 0 Å². The van der Waals surface area contributed by atoms with Crippen molar-refractivity contribution < 1.29 is 0 Å². The van der Waals surface area contributed by atoms with Crippen molar-refractivity contribution in [1.82, 2.24) is 0 Å². The molecule has 2 aromatic carbocycles. The summed E-state index contributed by atoms with van der Waals surface area (Å²) in [6, 6.07) is 17.4. The van der Waals surface area contributed by atoms with E-state index in [-0.39, 0.29) is 10.8 Å². The molecule has 0 radical (unpaired) electrons. The first-order chi connectivity index (χ1) is 14.4. The summed E-state index contributed by atoms with van der Waals surface area (Å²) in [6.45, 7) is 17.4. The zero-order valence-corrected chi connectivity index (χ0v) is 19.6. The molecule has 160 valence electrons. The second kappa shape index (κ2) is 10.5. The van der Waals surface area contributed by atoms with Gasteiger partial charge in [0.15, 0.2) is 0 Å². The molecule has 0 saturated heterocycles. The van der Waals surface area contributed by atoms with Crippen LogP contribution in [0.2, 0.25) is 0 Å². The Balaban J connectivity index is 2.53. The number of nitrogens with one attached hydrogen (secondary N) is 1. The second-order valence-corrected chi connectivity index (χ2v) is 8.78. The molecule has 2 atom stereocenters. The number of para-hydroxylation sites is 1. The maximum absolute atomic E-state index is 4.08. The average molecular weight is 402 g/mol. The van der Waals surface area contributed by atoms with Crippen LogP contribution in [0.4, 0.5) is 5.69 Å². The highest BCUT2D eigenvalue weighted by atomic mass is 14.8. The zero-order chi connectivity index (χ0) is 22.2. The van der Waals surface area contributed by atoms with Crippen LogP contribution >= 0.6 is 0 Å². The average Bonchev–Trinajstić information content (AvgIpc) is 2.74. The van der Waals surface area contributed by atoms with E-state index < -0.39 is 0 Å². The van der Waals surface area contributed by atoms with Gasteiger partial charge in [0.2, 0.25) is 0 Å². The van der Waals surface area contributed by atoms with Crippen LogP contribution in [0.15, 0.2) is 85.5 Å². The standard InChI is InChI=1S/C29H39N/c1-8-20-28(5,26-17-13-14-18-27(26)30-7)22-19-24(10-3)29(6,21-9-2)25-16-12-11-15-23(25)4/h8-9,11-19,30H,1-2,10,20-22H2,3-7H3/b24-19-. The van der Waals surface area contributed by atoms with E-state index in [2.05, 4.69) is 113 Å². The van der Waals surface area contributed by atoms with Crippen LogP contribution in [-0.2, 0) is 10.8 Å². The predicted molar refractivity (Wildman–Crippen MR) is 134 cm³/mol. The molecule has 0 amide bonds. The SMILES string of the molecule is C=CCC(C)(C/C=C(/CC)C(C)(CC=C)c1ccccc1C)c1ccccc1NC. The topological polar surface area (TPSA) is 12.0 Å². The predicted octanol–water partition coefficient (Wildman–Crippen LogP) is 8.13.